The van der Waals surface area contributed by atoms with Crippen LogP contribution in [0.4, 0.5) is 0 Å². The van der Waals surface area contributed by atoms with Gasteiger partial charge in [-0.3, -0.25) is 0 Å². The summed E-state index contributed by atoms with van der Waals surface area (Å²) in [6.45, 7) is 6.27. The normalized spacial score (nSPS) is 26.2. The van der Waals surface area contributed by atoms with Gasteiger partial charge in [0, 0.05) is 6.42 Å². The average molecular weight is 411 g/mol. The number of rotatable bonds is 5. The molecule has 2 aromatic rings. The van der Waals surface area contributed by atoms with Crippen molar-refractivity contribution in [2.45, 2.75) is 83.2 Å². The molecule has 1 heterocycles. The predicted molar refractivity (Wildman–Crippen MR) is 118 cm³/mol. The van der Waals surface area contributed by atoms with Crippen LogP contribution in [0.25, 0.3) is 0 Å². The topological polar surface area (TPSA) is 69.9 Å². The summed E-state index contributed by atoms with van der Waals surface area (Å²) in [7, 11) is 0. The largest absolute Gasteiger partial charge is 0.394 e. The van der Waals surface area contributed by atoms with Gasteiger partial charge in [0.1, 0.15) is 12.2 Å². The molecule has 0 spiro atoms. The van der Waals surface area contributed by atoms with Crippen molar-refractivity contribution in [1.82, 2.24) is 0 Å². The maximum atomic E-state index is 10.3. The van der Waals surface area contributed by atoms with Gasteiger partial charge in [0.05, 0.1) is 18.8 Å². The van der Waals surface area contributed by atoms with E-state index in [1.165, 1.54) is 39.8 Å². The second-order valence-electron chi connectivity index (χ2n) is 9.27. The fourth-order valence-electron chi connectivity index (χ4n) is 5.11. The summed E-state index contributed by atoms with van der Waals surface area (Å²) in [6, 6.07) is 11.2. The second-order valence-corrected chi connectivity index (χ2v) is 9.27. The summed E-state index contributed by atoms with van der Waals surface area (Å²) < 4.78 is 6.03. The number of ether oxygens (including phenoxy) is 1. The van der Waals surface area contributed by atoms with Gasteiger partial charge in [0.2, 0.25) is 0 Å². The van der Waals surface area contributed by atoms with Gasteiger partial charge in [-0.15, -0.1) is 0 Å². The standard InChI is InChI=1S/C26H34O4/c1-15(2)18-9-7-17(8-10-18)11-19-12-22(16(3)20-5-4-6-21(19)20)24-13-23(28)26(29)25(14-27)30-24/h7-10,12,15,23-29H,4-6,11,13-14H2,1-3H3/t23-,24-,25-,26-/m1/s1. The van der Waals surface area contributed by atoms with Gasteiger partial charge in [-0.05, 0) is 77.5 Å². The Morgan fingerprint density at radius 2 is 1.77 bits per heavy atom. The summed E-state index contributed by atoms with van der Waals surface area (Å²) in [5.41, 5.74) is 9.22. The van der Waals surface area contributed by atoms with Crippen LogP contribution >= 0.6 is 0 Å². The van der Waals surface area contributed by atoms with E-state index in [2.05, 4.69) is 51.1 Å². The van der Waals surface area contributed by atoms with Crippen molar-refractivity contribution in [3.8, 4) is 0 Å². The Balaban J connectivity index is 1.68. The third-order valence-electron chi connectivity index (χ3n) is 6.96. The SMILES string of the molecule is Cc1c([C@H]2C[C@@H](O)[C@@H](O)[C@@H](CO)O2)cc(Cc2ccc(C(C)C)cc2)c2c1CCC2. The van der Waals surface area contributed by atoms with E-state index < -0.39 is 18.3 Å². The van der Waals surface area contributed by atoms with E-state index in [0.29, 0.717) is 12.3 Å². The molecular weight excluding hydrogens is 376 g/mol. The van der Waals surface area contributed by atoms with Gasteiger partial charge in [-0.25, -0.2) is 0 Å². The molecule has 1 saturated heterocycles. The van der Waals surface area contributed by atoms with Crippen LogP contribution < -0.4 is 0 Å². The molecule has 0 aromatic heterocycles. The van der Waals surface area contributed by atoms with Crippen LogP contribution in [-0.4, -0.2) is 40.2 Å². The van der Waals surface area contributed by atoms with Crippen molar-refractivity contribution in [1.29, 1.82) is 0 Å². The Bertz CT molecular complexity index is 887. The molecule has 0 unspecified atom stereocenters. The fourth-order valence-corrected chi connectivity index (χ4v) is 5.11. The number of aliphatic hydroxyl groups is 3. The van der Waals surface area contributed by atoms with E-state index >= 15 is 0 Å². The zero-order valence-corrected chi connectivity index (χ0v) is 18.3. The molecule has 4 heteroatoms. The van der Waals surface area contributed by atoms with Crippen molar-refractivity contribution in [3.63, 3.8) is 0 Å². The van der Waals surface area contributed by atoms with Crippen LogP contribution in [0.5, 0.6) is 0 Å². The lowest BCUT2D eigenvalue weighted by atomic mass is 9.85. The molecule has 4 atom stereocenters. The van der Waals surface area contributed by atoms with Gasteiger partial charge < -0.3 is 20.1 Å². The first-order valence-corrected chi connectivity index (χ1v) is 11.2. The smallest absolute Gasteiger partial charge is 0.110 e. The maximum Gasteiger partial charge on any atom is 0.110 e. The summed E-state index contributed by atoms with van der Waals surface area (Å²) in [5, 5.41) is 30.0. The monoisotopic (exact) mass is 410 g/mol. The van der Waals surface area contributed by atoms with E-state index in [0.717, 1.165) is 24.8 Å². The van der Waals surface area contributed by atoms with Gasteiger partial charge in [0.25, 0.3) is 0 Å². The third kappa shape index (κ3) is 4.06. The van der Waals surface area contributed by atoms with Gasteiger partial charge in [0.15, 0.2) is 0 Å². The first kappa shape index (κ1) is 21.5. The summed E-state index contributed by atoms with van der Waals surface area (Å²) in [4.78, 5) is 0. The van der Waals surface area contributed by atoms with Crippen molar-refractivity contribution in [2.24, 2.45) is 0 Å². The second kappa shape index (κ2) is 8.80. The Labute approximate surface area is 179 Å². The summed E-state index contributed by atoms with van der Waals surface area (Å²) >= 11 is 0. The lowest BCUT2D eigenvalue weighted by molar-refractivity contribution is -0.181. The van der Waals surface area contributed by atoms with Crippen LogP contribution in [0.3, 0.4) is 0 Å². The Morgan fingerprint density at radius 1 is 1.07 bits per heavy atom. The summed E-state index contributed by atoms with van der Waals surface area (Å²) in [6.07, 6.45) is 1.60. The van der Waals surface area contributed by atoms with Crippen molar-refractivity contribution in [2.75, 3.05) is 6.61 Å². The summed E-state index contributed by atoms with van der Waals surface area (Å²) in [5.74, 6) is 0.527. The molecule has 2 aromatic carbocycles. The minimum atomic E-state index is -1.04. The van der Waals surface area contributed by atoms with Crippen molar-refractivity contribution >= 4 is 0 Å². The molecule has 4 rings (SSSR count). The Morgan fingerprint density at radius 3 is 2.43 bits per heavy atom. The Hall–Kier alpha value is -1.72. The first-order valence-electron chi connectivity index (χ1n) is 11.2. The van der Waals surface area contributed by atoms with Crippen molar-refractivity contribution < 1.29 is 20.1 Å². The highest BCUT2D eigenvalue weighted by Gasteiger charge is 2.38. The van der Waals surface area contributed by atoms with Crippen LogP contribution in [0.2, 0.25) is 0 Å². The first-order chi connectivity index (χ1) is 14.4. The van der Waals surface area contributed by atoms with E-state index in [-0.39, 0.29) is 12.7 Å². The van der Waals surface area contributed by atoms with Crippen LogP contribution in [0.1, 0.15) is 77.7 Å². The highest BCUT2D eigenvalue weighted by Crippen LogP contribution is 2.39. The van der Waals surface area contributed by atoms with Crippen molar-refractivity contribution in [3.05, 3.63) is 69.3 Å². The molecule has 0 amide bonds. The molecule has 2 aliphatic rings. The zero-order valence-electron chi connectivity index (χ0n) is 18.3. The van der Waals surface area contributed by atoms with Gasteiger partial charge in [-0.2, -0.15) is 0 Å². The Kier molecular flexibility index (Phi) is 6.31. The lowest BCUT2D eigenvalue weighted by Crippen LogP contribution is -2.47. The lowest BCUT2D eigenvalue weighted by Gasteiger charge is -2.37. The number of fused-ring (bicyclic) bond motifs is 1. The predicted octanol–water partition coefficient (Wildman–Crippen LogP) is 3.74. The highest BCUT2D eigenvalue weighted by atomic mass is 16.5. The van der Waals surface area contributed by atoms with Crippen LogP contribution in [0.15, 0.2) is 30.3 Å². The maximum absolute atomic E-state index is 10.3. The molecule has 1 aliphatic heterocycles. The van der Waals surface area contributed by atoms with Crippen LogP contribution in [-0.2, 0) is 24.0 Å². The molecule has 0 radical (unpaired) electrons. The van der Waals surface area contributed by atoms with Gasteiger partial charge in [-0.1, -0.05) is 44.2 Å². The fraction of sp³-hybridized carbons (Fsp3) is 0.538. The quantitative estimate of drug-likeness (QED) is 0.702. The molecule has 3 N–H and O–H groups in total. The van der Waals surface area contributed by atoms with E-state index in [1.54, 1.807) is 0 Å². The molecule has 0 saturated carbocycles. The molecular formula is C26H34O4. The minimum absolute atomic E-state index is 0.298. The number of hydrogen-bond acceptors (Lipinski definition) is 4. The average Bonchev–Trinajstić information content (AvgIpc) is 3.23. The van der Waals surface area contributed by atoms with E-state index in [1.807, 2.05) is 0 Å². The molecule has 30 heavy (non-hydrogen) atoms. The molecule has 0 bridgehead atoms. The van der Waals surface area contributed by atoms with E-state index in [4.69, 9.17) is 4.74 Å². The molecule has 1 aliphatic carbocycles. The number of aliphatic hydroxyl groups excluding tert-OH is 3. The van der Waals surface area contributed by atoms with Gasteiger partial charge >= 0.3 is 0 Å². The highest BCUT2D eigenvalue weighted by molar-refractivity contribution is 5.50. The molecule has 162 valence electrons. The zero-order chi connectivity index (χ0) is 21.4. The molecule has 4 nitrogen and oxygen atoms in total. The number of hydrogen-bond donors (Lipinski definition) is 3. The van der Waals surface area contributed by atoms with E-state index in [9.17, 15) is 15.3 Å². The number of benzene rings is 2. The molecule has 1 fully saturated rings. The van der Waals surface area contributed by atoms with Crippen LogP contribution in [0, 0.1) is 6.92 Å². The minimum Gasteiger partial charge on any atom is -0.394 e. The third-order valence-corrected chi connectivity index (χ3v) is 6.96.